The first-order chi connectivity index (χ1) is 12.6. The van der Waals surface area contributed by atoms with Gasteiger partial charge in [-0.2, -0.15) is 0 Å². The number of benzene rings is 2. The summed E-state index contributed by atoms with van der Waals surface area (Å²) in [5.41, 5.74) is 2.25. The van der Waals surface area contributed by atoms with Crippen LogP contribution in [0.5, 0.6) is 23.0 Å². The smallest absolute Gasteiger partial charge is 0.161 e. The van der Waals surface area contributed by atoms with E-state index in [1.807, 2.05) is 24.3 Å². The molecule has 0 radical (unpaired) electrons. The summed E-state index contributed by atoms with van der Waals surface area (Å²) in [6, 6.07) is 12.2. The van der Waals surface area contributed by atoms with Crippen LogP contribution in [-0.4, -0.2) is 27.4 Å². The molecule has 5 nitrogen and oxygen atoms in total. The van der Waals surface area contributed by atoms with E-state index in [9.17, 15) is 0 Å². The Kier molecular flexibility index (Phi) is 7.63. The Bertz CT molecular complexity index is 751. The number of ether oxygens (including phenoxy) is 4. The number of hydrogen-bond acceptors (Lipinski definition) is 5. The molecule has 0 aromatic heterocycles. The molecule has 1 aliphatic heterocycles. The van der Waals surface area contributed by atoms with Gasteiger partial charge in [-0.3, -0.25) is 0 Å². The summed E-state index contributed by atoms with van der Waals surface area (Å²) < 4.78 is 22.2. The van der Waals surface area contributed by atoms with Crippen LogP contribution in [0.1, 0.15) is 31.0 Å². The highest BCUT2D eigenvalue weighted by Crippen LogP contribution is 2.35. The van der Waals surface area contributed by atoms with Crippen LogP contribution < -0.4 is 24.3 Å². The number of rotatable bonds is 7. The number of nitrogens with one attached hydrogen (secondary N) is 1. The first-order valence-electron chi connectivity index (χ1n) is 8.96. The Morgan fingerprint density at radius 1 is 0.963 bits per heavy atom. The van der Waals surface area contributed by atoms with Gasteiger partial charge in [0.15, 0.2) is 11.5 Å². The van der Waals surface area contributed by atoms with Crippen molar-refractivity contribution >= 4 is 12.4 Å². The minimum absolute atomic E-state index is 0. The minimum atomic E-state index is 0. The fourth-order valence-electron chi connectivity index (χ4n) is 3.23. The molecule has 27 heavy (non-hydrogen) atoms. The van der Waals surface area contributed by atoms with E-state index in [-0.39, 0.29) is 18.4 Å². The van der Waals surface area contributed by atoms with E-state index in [2.05, 4.69) is 31.3 Å². The number of hydrogen-bond donors (Lipinski definition) is 1. The normalized spacial score (nSPS) is 13.7. The van der Waals surface area contributed by atoms with Crippen molar-refractivity contribution in [3.8, 4) is 23.0 Å². The summed E-state index contributed by atoms with van der Waals surface area (Å²) >= 11 is 0. The van der Waals surface area contributed by atoms with Crippen molar-refractivity contribution in [2.24, 2.45) is 5.92 Å². The largest absolute Gasteiger partial charge is 0.497 e. The molecule has 3 rings (SSSR count). The van der Waals surface area contributed by atoms with Crippen molar-refractivity contribution in [1.29, 1.82) is 0 Å². The monoisotopic (exact) mass is 393 g/mol. The van der Waals surface area contributed by atoms with Gasteiger partial charge in [0.2, 0.25) is 0 Å². The van der Waals surface area contributed by atoms with Gasteiger partial charge in [0.1, 0.15) is 24.7 Å². The van der Waals surface area contributed by atoms with Gasteiger partial charge in [0, 0.05) is 18.2 Å². The molecule has 0 fully saturated rings. The van der Waals surface area contributed by atoms with Crippen molar-refractivity contribution in [2.45, 2.75) is 26.4 Å². The lowest BCUT2D eigenvalue weighted by molar-refractivity contribution is 0.171. The van der Waals surface area contributed by atoms with Crippen LogP contribution in [0.25, 0.3) is 0 Å². The molecule has 0 saturated heterocycles. The van der Waals surface area contributed by atoms with Crippen molar-refractivity contribution in [3.05, 3.63) is 47.5 Å². The molecule has 0 spiro atoms. The van der Waals surface area contributed by atoms with Gasteiger partial charge in [0.25, 0.3) is 0 Å². The van der Waals surface area contributed by atoms with E-state index < -0.39 is 0 Å². The molecule has 1 N–H and O–H groups in total. The van der Waals surface area contributed by atoms with Crippen LogP contribution in [0.4, 0.5) is 0 Å². The van der Waals surface area contributed by atoms with Crippen LogP contribution in [0.15, 0.2) is 36.4 Å². The van der Waals surface area contributed by atoms with Crippen molar-refractivity contribution in [3.63, 3.8) is 0 Å². The topological polar surface area (TPSA) is 49.0 Å². The standard InChI is InChI=1S/C21H27NO4.ClH/c1-14(2)21(15-5-7-19-20(12-15)26-10-9-25-19)22-13-16-11-17(23-3)6-8-18(16)24-4;/h5-8,11-12,14,21-22H,9-10,13H2,1-4H3;1H. The quantitative estimate of drug-likeness (QED) is 0.756. The molecule has 0 amide bonds. The van der Waals surface area contributed by atoms with Crippen LogP contribution in [0, 0.1) is 5.92 Å². The number of methoxy groups -OCH3 is 2. The number of fused-ring (bicyclic) bond motifs is 1. The molecule has 2 aromatic carbocycles. The Hall–Kier alpha value is -2.11. The minimum Gasteiger partial charge on any atom is -0.497 e. The van der Waals surface area contributed by atoms with Crippen molar-refractivity contribution < 1.29 is 18.9 Å². The molecule has 0 saturated carbocycles. The fourth-order valence-corrected chi connectivity index (χ4v) is 3.23. The van der Waals surface area contributed by atoms with Gasteiger partial charge < -0.3 is 24.3 Å². The third-order valence-electron chi connectivity index (χ3n) is 4.59. The second-order valence-electron chi connectivity index (χ2n) is 6.68. The Morgan fingerprint density at radius 3 is 2.37 bits per heavy atom. The molecular formula is C21H28ClNO4. The molecule has 1 unspecified atom stereocenters. The molecule has 1 heterocycles. The van der Waals surface area contributed by atoms with Gasteiger partial charge in [-0.25, -0.2) is 0 Å². The molecule has 0 aliphatic carbocycles. The lowest BCUT2D eigenvalue weighted by atomic mass is 9.95. The maximum absolute atomic E-state index is 5.73. The van der Waals surface area contributed by atoms with E-state index in [0.29, 0.717) is 25.7 Å². The highest BCUT2D eigenvalue weighted by atomic mass is 35.5. The Balaban J connectivity index is 0.00000261. The predicted molar refractivity (Wildman–Crippen MR) is 109 cm³/mol. The van der Waals surface area contributed by atoms with Gasteiger partial charge in [0.05, 0.1) is 14.2 Å². The highest BCUT2D eigenvalue weighted by Gasteiger charge is 2.20. The first-order valence-corrected chi connectivity index (χ1v) is 8.96. The maximum Gasteiger partial charge on any atom is 0.161 e. The van der Waals surface area contributed by atoms with Crippen LogP contribution in [0.3, 0.4) is 0 Å². The lowest BCUT2D eigenvalue weighted by Crippen LogP contribution is -2.26. The SMILES string of the molecule is COc1ccc(OC)c(CNC(c2ccc3c(c2)OCCO3)C(C)C)c1.Cl. The molecular weight excluding hydrogens is 366 g/mol. The van der Waals surface area contributed by atoms with Crippen molar-refractivity contribution in [1.82, 2.24) is 5.32 Å². The molecule has 2 aromatic rings. The predicted octanol–water partition coefficient (Wildman–Crippen LogP) is 4.38. The Morgan fingerprint density at radius 2 is 1.70 bits per heavy atom. The molecule has 1 atom stereocenters. The average Bonchev–Trinajstić information content (AvgIpc) is 2.67. The zero-order chi connectivity index (χ0) is 18.5. The van der Waals surface area contributed by atoms with E-state index in [1.54, 1.807) is 14.2 Å². The van der Waals surface area contributed by atoms with Crippen LogP contribution in [-0.2, 0) is 6.54 Å². The fraction of sp³-hybridized carbons (Fsp3) is 0.429. The third-order valence-corrected chi connectivity index (χ3v) is 4.59. The Labute approximate surface area is 167 Å². The summed E-state index contributed by atoms with van der Waals surface area (Å²) in [7, 11) is 3.36. The van der Waals surface area contributed by atoms with Gasteiger partial charge in [-0.05, 0) is 41.8 Å². The zero-order valence-corrected chi connectivity index (χ0v) is 17.1. The molecule has 148 valence electrons. The summed E-state index contributed by atoms with van der Waals surface area (Å²) in [6.45, 7) is 6.29. The van der Waals surface area contributed by atoms with E-state index in [1.165, 1.54) is 5.56 Å². The summed E-state index contributed by atoms with van der Waals surface area (Å²) in [6.07, 6.45) is 0. The summed E-state index contributed by atoms with van der Waals surface area (Å²) in [4.78, 5) is 0. The lowest BCUT2D eigenvalue weighted by Gasteiger charge is -2.26. The van der Waals surface area contributed by atoms with E-state index in [4.69, 9.17) is 18.9 Å². The maximum atomic E-state index is 5.73. The molecule has 0 bridgehead atoms. The van der Waals surface area contributed by atoms with Crippen LogP contribution in [0.2, 0.25) is 0 Å². The van der Waals surface area contributed by atoms with E-state index >= 15 is 0 Å². The third kappa shape index (κ3) is 4.99. The van der Waals surface area contributed by atoms with Gasteiger partial charge in [-0.15, -0.1) is 12.4 Å². The zero-order valence-electron chi connectivity index (χ0n) is 16.3. The average molecular weight is 394 g/mol. The number of halogens is 1. The second-order valence-corrected chi connectivity index (χ2v) is 6.68. The van der Waals surface area contributed by atoms with Crippen molar-refractivity contribution in [2.75, 3.05) is 27.4 Å². The second kappa shape index (κ2) is 9.72. The van der Waals surface area contributed by atoms with Gasteiger partial charge in [-0.1, -0.05) is 19.9 Å². The highest BCUT2D eigenvalue weighted by molar-refractivity contribution is 5.85. The molecule has 6 heteroatoms. The van der Waals surface area contributed by atoms with E-state index in [0.717, 1.165) is 28.6 Å². The van der Waals surface area contributed by atoms with Crippen LogP contribution >= 0.6 is 12.4 Å². The summed E-state index contributed by atoms with van der Waals surface area (Å²) in [5.74, 6) is 3.72. The first kappa shape index (κ1) is 21.2. The molecule has 1 aliphatic rings. The summed E-state index contributed by atoms with van der Waals surface area (Å²) in [5, 5.41) is 3.65. The van der Waals surface area contributed by atoms with Gasteiger partial charge >= 0.3 is 0 Å².